The van der Waals surface area contributed by atoms with Gasteiger partial charge in [-0.3, -0.25) is 4.99 Å². The maximum Gasteiger partial charge on any atom is 0.0191 e. The van der Waals surface area contributed by atoms with Gasteiger partial charge < -0.3 is 0 Å². The van der Waals surface area contributed by atoms with Crippen LogP contribution in [0.15, 0.2) is 42.6 Å². The Hall–Kier alpha value is -1.11. The number of allylic oxidation sites excluding steroid dienone is 3. The maximum atomic E-state index is 3.61. The van der Waals surface area contributed by atoms with Crippen molar-refractivity contribution in [2.45, 2.75) is 41.5 Å². The fraction of sp³-hybridized carbons (Fsp3) is 0.462. The summed E-state index contributed by atoms with van der Waals surface area (Å²) in [7, 11) is 0. The highest BCUT2D eigenvalue weighted by molar-refractivity contribution is 5.53. The summed E-state index contributed by atoms with van der Waals surface area (Å²) >= 11 is 0. The van der Waals surface area contributed by atoms with E-state index in [0.717, 1.165) is 0 Å². The summed E-state index contributed by atoms with van der Waals surface area (Å²) in [5.74, 6) is 0. The van der Waals surface area contributed by atoms with Gasteiger partial charge in [0.1, 0.15) is 0 Å². The molecule has 0 aromatic rings. The third-order valence-corrected chi connectivity index (χ3v) is 0.588. The first-order chi connectivity index (χ1) is 6.74. The van der Waals surface area contributed by atoms with Crippen molar-refractivity contribution in [3.05, 3.63) is 37.6 Å². The molecule has 0 aliphatic carbocycles. The molecule has 0 aliphatic rings. The lowest BCUT2D eigenvalue weighted by atomic mass is 10.6. The van der Waals surface area contributed by atoms with Crippen molar-refractivity contribution in [3.63, 3.8) is 0 Å². The molecule has 0 N–H and O–H groups in total. The van der Waals surface area contributed by atoms with E-state index in [1.54, 1.807) is 12.3 Å². The molecule has 0 heterocycles. The van der Waals surface area contributed by atoms with Crippen molar-refractivity contribution in [2.24, 2.45) is 4.99 Å². The largest absolute Gasteiger partial charge is 0.270 e. The van der Waals surface area contributed by atoms with Crippen LogP contribution in [0.3, 0.4) is 0 Å². The molecule has 0 bridgehead atoms. The second-order valence-electron chi connectivity index (χ2n) is 1.66. The number of nitrogens with zero attached hydrogens (tertiary/aromatic N) is 1. The van der Waals surface area contributed by atoms with Crippen LogP contribution in [0, 0.1) is 0 Å². The van der Waals surface area contributed by atoms with Crippen molar-refractivity contribution < 1.29 is 0 Å². The van der Waals surface area contributed by atoms with Crippen molar-refractivity contribution in [3.8, 4) is 0 Å². The molecular formula is C13H27N. The topological polar surface area (TPSA) is 12.4 Å². The fourth-order valence-electron chi connectivity index (χ4n) is 0.105. The highest BCUT2D eigenvalue weighted by atomic mass is 14.6. The first kappa shape index (κ1) is 23.1. The molecule has 0 fully saturated rings. The molecule has 84 valence electrons. The van der Waals surface area contributed by atoms with Crippen LogP contribution in [-0.2, 0) is 0 Å². The van der Waals surface area contributed by atoms with E-state index in [1.165, 1.54) is 6.20 Å². The molecule has 0 saturated carbocycles. The highest BCUT2D eigenvalue weighted by Crippen LogP contribution is 1.57. The summed E-state index contributed by atoms with van der Waals surface area (Å²) in [5, 5.41) is 0. The Labute approximate surface area is 91.0 Å². The molecule has 0 radical (unpaired) electrons. The minimum absolute atomic E-state index is 1.50. The van der Waals surface area contributed by atoms with Gasteiger partial charge in [-0.25, -0.2) is 0 Å². The maximum absolute atomic E-state index is 3.61. The van der Waals surface area contributed by atoms with Crippen LogP contribution in [-0.4, -0.2) is 6.21 Å². The Morgan fingerprint density at radius 1 is 0.857 bits per heavy atom. The van der Waals surface area contributed by atoms with Gasteiger partial charge in [-0.1, -0.05) is 38.7 Å². The predicted octanol–water partition coefficient (Wildman–Crippen LogP) is 5.02. The van der Waals surface area contributed by atoms with Crippen LogP contribution in [0.4, 0.5) is 0 Å². The average molecular weight is 197 g/mol. The SMILES string of the molecule is C/C=C/C.C=CC.C=CN=CC.CC. The summed E-state index contributed by atoms with van der Waals surface area (Å²) < 4.78 is 0. The third kappa shape index (κ3) is 298. The molecule has 0 atom stereocenters. The molecule has 0 saturated heterocycles. The number of rotatable bonds is 1. The van der Waals surface area contributed by atoms with Crippen LogP contribution >= 0.6 is 0 Å². The minimum Gasteiger partial charge on any atom is -0.270 e. The first-order valence-corrected chi connectivity index (χ1v) is 4.98. The van der Waals surface area contributed by atoms with Crippen molar-refractivity contribution in [2.75, 3.05) is 0 Å². The molecule has 0 aliphatic heterocycles. The van der Waals surface area contributed by atoms with Gasteiger partial charge in [0, 0.05) is 12.4 Å². The van der Waals surface area contributed by atoms with Gasteiger partial charge in [-0.15, -0.1) is 6.58 Å². The summed E-state index contributed by atoms with van der Waals surface area (Å²) in [6, 6.07) is 0. The second kappa shape index (κ2) is 59.0. The first-order valence-electron chi connectivity index (χ1n) is 4.98. The quantitative estimate of drug-likeness (QED) is 0.413. The molecule has 14 heavy (non-hydrogen) atoms. The molecular weight excluding hydrogens is 170 g/mol. The molecule has 0 aromatic carbocycles. The van der Waals surface area contributed by atoms with Crippen LogP contribution < -0.4 is 0 Å². The van der Waals surface area contributed by atoms with Crippen molar-refractivity contribution in [1.82, 2.24) is 0 Å². The van der Waals surface area contributed by atoms with Gasteiger partial charge >= 0.3 is 0 Å². The van der Waals surface area contributed by atoms with Gasteiger partial charge in [-0.2, -0.15) is 0 Å². The molecule has 0 spiro atoms. The van der Waals surface area contributed by atoms with E-state index in [4.69, 9.17) is 0 Å². The monoisotopic (exact) mass is 197 g/mol. The molecule has 1 nitrogen and oxygen atoms in total. The van der Waals surface area contributed by atoms with E-state index in [0.29, 0.717) is 0 Å². The molecule has 0 aromatic heterocycles. The molecule has 0 rings (SSSR count). The lowest BCUT2D eigenvalue weighted by Crippen LogP contribution is -1.46. The van der Waals surface area contributed by atoms with E-state index >= 15 is 0 Å². The molecule has 0 unspecified atom stereocenters. The van der Waals surface area contributed by atoms with Gasteiger partial charge in [0.25, 0.3) is 0 Å². The number of hydrogen-bond acceptors (Lipinski definition) is 1. The highest BCUT2D eigenvalue weighted by Gasteiger charge is 1.40. The second-order valence-corrected chi connectivity index (χ2v) is 1.66. The van der Waals surface area contributed by atoms with Gasteiger partial charge in [0.05, 0.1) is 0 Å². The zero-order valence-electron chi connectivity index (χ0n) is 10.7. The Bertz CT molecular complexity index is 117. The van der Waals surface area contributed by atoms with Crippen molar-refractivity contribution in [1.29, 1.82) is 0 Å². The van der Waals surface area contributed by atoms with E-state index in [-0.39, 0.29) is 0 Å². The van der Waals surface area contributed by atoms with Crippen LogP contribution in [0.2, 0.25) is 0 Å². The zero-order valence-corrected chi connectivity index (χ0v) is 10.7. The Morgan fingerprint density at radius 3 is 1.14 bits per heavy atom. The lowest BCUT2D eigenvalue weighted by Gasteiger charge is -1.58. The third-order valence-electron chi connectivity index (χ3n) is 0.588. The Balaban J connectivity index is -0.0000000505. The average Bonchev–Trinajstić information content (AvgIpc) is 2.24. The fourth-order valence-corrected chi connectivity index (χ4v) is 0.105. The Morgan fingerprint density at radius 2 is 1.14 bits per heavy atom. The van der Waals surface area contributed by atoms with E-state index < -0.39 is 0 Å². The standard InChI is InChI=1S/C4H7N.C4H8.C3H6.C2H6/c1-3-5-4-2;1-3-4-2;1-3-2;1-2/h3-4H,1H2,2H3;3-4H,1-2H3;3H,1H2,2H3;1-2H3/b;4-3+;;. The van der Waals surface area contributed by atoms with Crippen molar-refractivity contribution >= 4 is 6.21 Å². The van der Waals surface area contributed by atoms with Gasteiger partial charge in [0.2, 0.25) is 0 Å². The van der Waals surface area contributed by atoms with Crippen LogP contribution in [0.25, 0.3) is 0 Å². The van der Waals surface area contributed by atoms with E-state index in [9.17, 15) is 0 Å². The summed E-state index contributed by atoms with van der Waals surface area (Å²) in [6.45, 7) is 18.5. The minimum atomic E-state index is 1.50. The normalized spacial score (nSPS) is 7.29. The van der Waals surface area contributed by atoms with E-state index in [1.807, 2.05) is 53.7 Å². The number of aliphatic imine (C=N–C) groups is 1. The predicted molar refractivity (Wildman–Crippen MR) is 72.1 cm³/mol. The van der Waals surface area contributed by atoms with Crippen LogP contribution in [0.5, 0.6) is 0 Å². The number of hydrogen-bond donors (Lipinski definition) is 0. The lowest BCUT2D eigenvalue weighted by molar-refractivity contribution is 1.50. The zero-order chi connectivity index (χ0) is 12.2. The summed E-state index contributed by atoms with van der Waals surface area (Å²) in [4.78, 5) is 3.61. The smallest absolute Gasteiger partial charge is 0.0191 e. The Kier molecular flexibility index (Phi) is 97.1. The van der Waals surface area contributed by atoms with E-state index in [2.05, 4.69) is 18.2 Å². The summed E-state index contributed by atoms with van der Waals surface area (Å²) in [6.07, 6.45) is 8.94. The summed E-state index contributed by atoms with van der Waals surface area (Å²) in [5.41, 5.74) is 0. The van der Waals surface area contributed by atoms with Crippen LogP contribution in [0.1, 0.15) is 41.5 Å². The molecule has 0 amide bonds. The molecule has 1 heteroatoms. The van der Waals surface area contributed by atoms with Gasteiger partial charge in [0.15, 0.2) is 0 Å². The van der Waals surface area contributed by atoms with Gasteiger partial charge in [-0.05, 0) is 27.7 Å².